The number of aromatic nitrogens is 6. The van der Waals surface area contributed by atoms with E-state index in [9.17, 15) is 0 Å². The Hall–Kier alpha value is -2.37. The average Bonchev–Trinajstić information content (AvgIpc) is 3.04. The number of nitrogens with zero attached hydrogens (tertiary/aromatic N) is 3. The summed E-state index contributed by atoms with van der Waals surface area (Å²) in [6.07, 6.45) is 5.35. The molecule has 0 aliphatic carbocycles. The molecular formula is C12H14N6. The number of aryl methyl sites for hydroxylation is 1. The Kier molecular flexibility index (Phi) is 2.68. The Balaban J connectivity index is 1.69. The molecule has 0 saturated heterocycles. The molecule has 0 unspecified atom stereocenters. The number of rotatable bonds is 4. The zero-order valence-corrected chi connectivity index (χ0v) is 10.1. The standard InChI is InChI=1S/C12H14N6/c1-8-2-9(6-13-8)3-10-4-11(16-15-10)5-12-7-14-18-17-12/h2,4,6-7,13H,3,5H2,1H3,(H,15,16)(H,14,17,18). The summed E-state index contributed by atoms with van der Waals surface area (Å²) in [6.45, 7) is 2.05. The zero-order valence-electron chi connectivity index (χ0n) is 10.1. The first-order valence-electron chi connectivity index (χ1n) is 5.82. The maximum atomic E-state index is 4.30. The van der Waals surface area contributed by atoms with Crippen LogP contribution in [0.4, 0.5) is 0 Å². The fourth-order valence-corrected chi connectivity index (χ4v) is 1.98. The molecule has 0 amide bonds. The molecule has 0 aliphatic rings. The van der Waals surface area contributed by atoms with E-state index in [1.807, 2.05) is 13.1 Å². The van der Waals surface area contributed by atoms with Crippen LogP contribution in [0.5, 0.6) is 0 Å². The topological polar surface area (TPSA) is 86.0 Å². The van der Waals surface area contributed by atoms with Crippen LogP contribution in [0.2, 0.25) is 0 Å². The summed E-state index contributed by atoms with van der Waals surface area (Å²) in [5, 5.41) is 17.7. The van der Waals surface area contributed by atoms with Crippen molar-refractivity contribution in [3.8, 4) is 0 Å². The van der Waals surface area contributed by atoms with E-state index in [1.54, 1.807) is 6.20 Å². The highest BCUT2D eigenvalue weighted by Crippen LogP contribution is 2.11. The van der Waals surface area contributed by atoms with Crippen molar-refractivity contribution >= 4 is 0 Å². The van der Waals surface area contributed by atoms with E-state index in [0.29, 0.717) is 0 Å². The van der Waals surface area contributed by atoms with Crippen LogP contribution >= 0.6 is 0 Å². The Bertz CT molecular complexity index is 619. The molecular weight excluding hydrogens is 228 g/mol. The minimum Gasteiger partial charge on any atom is -0.365 e. The second-order valence-corrected chi connectivity index (χ2v) is 4.39. The molecule has 0 fully saturated rings. The normalized spacial score (nSPS) is 10.9. The number of nitrogens with one attached hydrogen (secondary N) is 3. The highest BCUT2D eigenvalue weighted by atomic mass is 15.3. The molecule has 0 spiro atoms. The van der Waals surface area contributed by atoms with E-state index in [4.69, 9.17) is 0 Å². The van der Waals surface area contributed by atoms with Gasteiger partial charge in [-0.15, -0.1) is 5.10 Å². The van der Waals surface area contributed by atoms with Crippen molar-refractivity contribution in [3.05, 3.63) is 52.9 Å². The van der Waals surface area contributed by atoms with E-state index < -0.39 is 0 Å². The minimum atomic E-state index is 0.718. The molecule has 3 heterocycles. The van der Waals surface area contributed by atoms with Crippen molar-refractivity contribution in [1.29, 1.82) is 0 Å². The van der Waals surface area contributed by atoms with Crippen molar-refractivity contribution in [2.75, 3.05) is 0 Å². The van der Waals surface area contributed by atoms with E-state index in [0.717, 1.165) is 29.9 Å². The van der Waals surface area contributed by atoms with Gasteiger partial charge < -0.3 is 4.98 Å². The third-order valence-electron chi connectivity index (χ3n) is 2.80. The molecule has 3 N–H and O–H groups in total. The number of aromatic amines is 3. The first-order chi connectivity index (χ1) is 8.79. The number of hydrogen-bond donors (Lipinski definition) is 3. The lowest BCUT2D eigenvalue weighted by Crippen LogP contribution is -1.88. The fourth-order valence-electron chi connectivity index (χ4n) is 1.98. The summed E-state index contributed by atoms with van der Waals surface area (Å²) < 4.78 is 0. The van der Waals surface area contributed by atoms with Crippen LogP contribution in [-0.2, 0) is 12.8 Å². The maximum Gasteiger partial charge on any atom is 0.0883 e. The van der Waals surface area contributed by atoms with Crippen molar-refractivity contribution in [3.63, 3.8) is 0 Å². The van der Waals surface area contributed by atoms with Gasteiger partial charge in [0, 0.05) is 36.6 Å². The quantitative estimate of drug-likeness (QED) is 0.645. The third-order valence-corrected chi connectivity index (χ3v) is 2.80. The molecule has 0 atom stereocenters. The van der Waals surface area contributed by atoms with Gasteiger partial charge in [0.2, 0.25) is 0 Å². The van der Waals surface area contributed by atoms with Gasteiger partial charge in [-0.05, 0) is 24.6 Å². The lowest BCUT2D eigenvalue weighted by molar-refractivity contribution is 0.899. The van der Waals surface area contributed by atoms with Crippen LogP contribution in [0, 0.1) is 6.92 Å². The van der Waals surface area contributed by atoms with Crippen LogP contribution in [0.3, 0.4) is 0 Å². The number of H-pyrrole nitrogens is 3. The summed E-state index contributed by atoms with van der Waals surface area (Å²) in [7, 11) is 0. The Labute approximate surface area is 104 Å². The molecule has 92 valence electrons. The molecule has 0 saturated carbocycles. The summed E-state index contributed by atoms with van der Waals surface area (Å²) in [4.78, 5) is 3.17. The minimum absolute atomic E-state index is 0.718. The monoisotopic (exact) mass is 242 g/mol. The van der Waals surface area contributed by atoms with E-state index in [1.165, 1.54) is 11.3 Å². The molecule has 18 heavy (non-hydrogen) atoms. The largest absolute Gasteiger partial charge is 0.365 e. The Morgan fingerprint density at radius 2 is 2.06 bits per heavy atom. The predicted octanol–water partition coefficient (Wildman–Crippen LogP) is 1.35. The van der Waals surface area contributed by atoms with E-state index >= 15 is 0 Å². The van der Waals surface area contributed by atoms with Crippen molar-refractivity contribution < 1.29 is 0 Å². The number of hydrogen-bond acceptors (Lipinski definition) is 3. The van der Waals surface area contributed by atoms with Crippen LogP contribution in [0.15, 0.2) is 24.5 Å². The molecule has 3 aromatic heterocycles. The zero-order chi connectivity index (χ0) is 12.4. The van der Waals surface area contributed by atoms with Gasteiger partial charge in [-0.1, -0.05) is 5.21 Å². The van der Waals surface area contributed by atoms with E-state index in [-0.39, 0.29) is 0 Å². The molecule has 6 heteroatoms. The molecule has 0 bridgehead atoms. The second-order valence-electron chi connectivity index (χ2n) is 4.39. The van der Waals surface area contributed by atoms with Gasteiger partial charge >= 0.3 is 0 Å². The summed E-state index contributed by atoms with van der Waals surface area (Å²) in [6, 6.07) is 4.20. The summed E-state index contributed by atoms with van der Waals surface area (Å²) in [5.74, 6) is 0. The second kappa shape index (κ2) is 4.48. The maximum absolute atomic E-state index is 4.30. The molecule has 3 aromatic rings. The van der Waals surface area contributed by atoms with E-state index in [2.05, 4.69) is 42.7 Å². The predicted molar refractivity (Wildman–Crippen MR) is 66.1 cm³/mol. The molecule has 0 radical (unpaired) electrons. The van der Waals surface area contributed by atoms with Gasteiger partial charge in [0.05, 0.1) is 11.4 Å². The van der Waals surface area contributed by atoms with Gasteiger partial charge in [-0.25, -0.2) is 0 Å². The van der Waals surface area contributed by atoms with Crippen LogP contribution in [-0.4, -0.2) is 30.6 Å². The molecule has 0 aromatic carbocycles. The van der Waals surface area contributed by atoms with Gasteiger partial charge in [0.15, 0.2) is 0 Å². The Morgan fingerprint density at radius 3 is 2.78 bits per heavy atom. The average molecular weight is 242 g/mol. The van der Waals surface area contributed by atoms with Gasteiger partial charge in [0.1, 0.15) is 0 Å². The van der Waals surface area contributed by atoms with Gasteiger partial charge in [0.25, 0.3) is 0 Å². The Morgan fingerprint density at radius 1 is 1.11 bits per heavy atom. The first-order valence-corrected chi connectivity index (χ1v) is 5.82. The summed E-state index contributed by atoms with van der Waals surface area (Å²) in [5.41, 5.74) is 5.40. The summed E-state index contributed by atoms with van der Waals surface area (Å²) >= 11 is 0. The fraction of sp³-hybridized carbons (Fsp3) is 0.250. The lowest BCUT2D eigenvalue weighted by atomic mass is 10.1. The van der Waals surface area contributed by atoms with Gasteiger partial charge in [-0.2, -0.15) is 5.10 Å². The van der Waals surface area contributed by atoms with Crippen molar-refractivity contribution in [2.24, 2.45) is 0 Å². The third kappa shape index (κ3) is 2.32. The van der Waals surface area contributed by atoms with Crippen molar-refractivity contribution in [2.45, 2.75) is 19.8 Å². The molecule has 0 aliphatic heterocycles. The van der Waals surface area contributed by atoms with Gasteiger partial charge in [-0.3, -0.25) is 10.2 Å². The molecule has 3 rings (SSSR count). The SMILES string of the molecule is Cc1cc(Cc2cc(Cc3c[nH]nn3)[nH]n2)c[nH]1. The smallest absolute Gasteiger partial charge is 0.0883 e. The first kappa shape index (κ1) is 10.8. The van der Waals surface area contributed by atoms with Crippen LogP contribution in [0.25, 0.3) is 0 Å². The van der Waals surface area contributed by atoms with Crippen LogP contribution < -0.4 is 0 Å². The van der Waals surface area contributed by atoms with Crippen molar-refractivity contribution in [1.82, 2.24) is 30.6 Å². The van der Waals surface area contributed by atoms with Crippen LogP contribution in [0.1, 0.15) is 28.3 Å². The lowest BCUT2D eigenvalue weighted by Gasteiger charge is -1.90. The highest BCUT2D eigenvalue weighted by molar-refractivity contribution is 5.23. The highest BCUT2D eigenvalue weighted by Gasteiger charge is 2.05. The molecule has 6 nitrogen and oxygen atoms in total.